The van der Waals surface area contributed by atoms with Gasteiger partial charge in [0.1, 0.15) is 5.82 Å². The number of anilines is 3. The minimum Gasteiger partial charge on any atom is -0.340 e. The van der Waals surface area contributed by atoms with Gasteiger partial charge in [0.15, 0.2) is 0 Å². The molecule has 0 bridgehead atoms. The van der Waals surface area contributed by atoms with E-state index in [1.807, 2.05) is 0 Å². The molecular formula is C19H21F3N4O. The molecule has 0 aliphatic carbocycles. The number of halogens is 3. The molecule has 1 aromatic carbocycles. The van der Waals surface area contributed by atoms with Crippen LogP contribution in [-0.4, -0.2) is 24.0 Å². The van der Waals surface area contributed by atoms with Gasteiger partial charge in [-0.05, 0) is 68.2 Å². The van der Waals surface area contributed by atoms with Crippen molar-refractivity contribution in [1.82, 2.24) is 10.3 Å². The summed E-state index contributed by atoms with van der Waals surface area (Å²) in [5.74, 6) is 0.857. The molecule has 1 amide bonds. The number of hydrogen-bond donors (Lipinski definition) is 3. The highest BCUT2D eigenvalue weighted by Crippen LogP contribution is 2.29. The fourth-order valence-corrected chi connectivity index (χ4v) is 2.94. The lowest BCUT2D eigenvalue weighted by Crippen LogP contribution is -2.15. The highest BCUT2D eigenvalue weighted by atomic mass is 19.4. The minimum absolute atomic E-state index is 0.0213. The molecule has 144 valence electrons. The fourth-order valence-electron chi connectivity index (χ4n) is 2.94. The van der Waals surface area contributed by atoms with Crippen LogP contribution in [0.4, 0.5) is 30.4 Å². The van der Waals surface area contributed by atoms with Crippen LogP contribution in [0.2, 0.25) is 0 Å². The second-order valence-corrected chi connectivity index (χ2v) is 6.58. The maximum atomic E-state index is 12.5. The topological polar surface area (TPSA) is 66.1 Å². The van der Waals surface area contributed by atoms with Crippen LogP contribution in [0.3, 0.4) is 0 Å². The summed E-state index contributed by atoms with van der Waals surface area (Å²) in [5, 5.41) is 9.06. The van der Waals surface area contributed by atoms with Crippen molar-refractivity contribution in [2.75, 3.05) is 23.7 Å². The Bertz CT molecular complexity index is 754. The van der Waals surface area contributed by atoms with Crippen molar-refractivity contribution < 1.29 is 18.0 Å². The normalized spacial score (nSPS) is 16.9. The zero-order valence-corrected chi connectivity index (χ0v) is 14.6. The average molecular weight is 378 g/mol. The molecule has 1 unspecified atom stereocenters. The van der Waals surface area contributed by atoms with Gasteiger partial charge in [-0.1, -0.05) is 0 Å². The average Bonchev–Trinajstić information content (AvgIpc) is 3.15. The van der Waals surface area contributed by atoms with E-state index >= 15 is 0 Å². The van der Waals surface area contributed by atoms with E-state index in [0.717, 1.165) is 38.2 Å². The summed E-state index contributed by atoms with van der Waals surface area (Å²) in [5.41, 5.74) is 0.548. The van der Waals surface area contributed by atoms with Gasteiger partial charge in [0.25, 0.3) is 0 Å². The molecule has 0 spiro atoms. The van der Waals surface area contributed by atoms with E-state index in [0.29, 0.717) is 29.5 Å². The summed E-state index contributed by atoms with van der Waals surface area (Å²) in [6, 6.07) is 9.19. The van der Waals surface area contributed by atoms with Crippen LogP contribution in [0.25, 0.3) is 0 Å². The Labute approximate surface area is 155 Å². The monoisotopic (exact) mass is 378 g/mol. The third kappa shape index (κ3) is 5.68. The van der Waals surface area contributed by atoms with Crippen molar-refractivity contribution in [3.8, 4) is 0 Å². The lowest BCUT2D eigenvalue weighted by Gasteiger charge is -2.10. The van der Waals surface area contributed by atoms with Gasteiger partial charge in [-0.25, -0.2) is 4.98 Å². The molecule has 3 N–H and O–H groups in total. The van der Waals surface area contributed by atoms with Gasteiger partial charge in [-0.15, -0.1) is 0 Å². The lowest BCUT2D eigenvalue weighted by molar-refractivity contribution is -0.137. The zero-order chi connectivity index (χ0) is 19.3. The molecule has 5 nitrogen and oxygen atoms in total. The number of nitrogens with one attached hydrogen (secondary N) is 3. The van der Waals surface area contributed by atoms with Gasteiger partial charge in [-0.3, -0.25) is 4.79 Å². The second kappa shape index (κ2) is 8.39. The van der Waals surface area contributed by atoms with Crippen molar-refractivity contribution in [2.24, 2.45) is 5.92 Å². The smallest absolute Gasteiger partial charge is 0.340 e. The Hall–Kier alpha value is -2.61. The first kappa shape index (κ1) is 19.2. The highest BCUT2D eigenvalue weighted by molar-refractivity contribution is 5.90. The van der Waals surface area contributed by atoms with Crippen molar-refractivity contribution in [1.29, 1.82) is 0 Å². The quantitative estimate of drug-likeness (QED) is 0.706. The number of carbonyl (C=O) groups is 1. The highest BCUT2D eigenvalue weighted by Gasteiger charge is 2.30. The number of carbonyl (C=O) groups excluding carboxylic acids is 1. The first-order chi connectivity index (χ1) is 12.9. The molecule has 0 saturated carbocycles. The summed E-state index contributed by atoms with van der Waals surface area (Å²) >= 11 is 0. The Morgan fingerprint density at radius 2 is 1.89 bits per heavy atom. The van der Waals surface area contributed by atoms with Crippen molar-refractivity contribution in [3.05, 3.63) is 48.2 Å². The fraction of sp³-hybridized carbons (Fsp3) is 0.368. The van der Waals surface area contributed by atoms with E-state index in [2.05, 4.69) is 20.9 Å². The summed E-state index contributed by atoms with van der Waals surface area (Å²) in [4.78, 5) is 15.8. The third-order valence-electron chi connectivity index (χ3n) is 4.47. The van der Waals surface area contributed by atoms with Gasteiger partial charge < -0.3 is 16.0 Å². The minimum atomic E-state index is -4.40. The first-order valence-electron chi connectivity index (χ1n) is 8.81. The number of pyridine rings is 1. The van der Waals surface area contributed by atoms with E-state index in [1.165, 1.54) is 6.07 Å². The van der Waals surface area contributed by atoms with E-state index in [9.17, 15) is 18.0 Å². The molecule has 8 heteroatoms. The van der Waals surface area contributed by atoms with Gasteiger partial charge in [0.05, 0.1) is 5.56 Å². The molecular weight excluding hydrogens is 357 g/mol. The van der Waals surface area contributed by atoms with Gasteiger partial charge in [-0.2, -0.15) is 13.2 Å². The van der Waals surface area contributed by atoms with E-state index in [-0.39, 0.29) is 5.91 Å². The molecule has 27 heavy (non-hydrogen) atoms. The number of amides is 1. The third-order valence-corrected chi connectivity index (χ3v) is 4.47. The summed E-state index contributed by atoms with van der Waals surface area (Å²) in [6.07, 6.45) is -1.14. The molecule has 1 fully saturated rings. The number of alkyl halides is 3. The molecule has 1 aromatic heterocycles. The summed E-state index contributed by atoms with van der Waals surface area (Å²) < 4.78 is 37.6. The zero-order valence-electron chi connectivity index (χ0n) is 14.6. The molecule has 1 aliphatic rings. The number of nitrogens with zero attached hydrogens (tertiary/aromatic N) is 1. The van der Waals surface area contributed by atoms with Crippen LogP contribution in [-0.2, 0) is 11.0 Å². The summed E-state index contributed by atoms with van der Waals surface area (Å²) in [7, 11) is 0. The van der Waals surface area contributed by atoms with Crippen molar-refractivity contribution >= 4 is 23.1 Å². The SMILES string of the molecule is O=C(CCC1CCNC1)Nc1ccc(Nc2ccc(C(F)(F)F)cn2)cc1. The Balaban J connectivity index is 1.50. The van der Waals surface area contributed by atoms with Gasteiger partial charge >= 0.3 is 6.18 Å². The molecule has 2 heterocycles. The molecule has 0 radical (unpaired) electrons. The maximum absolute atomic E-state index is 12.5. The van der Waals surface area contributed by atoms with Crippen LogP contribution in [0.5, 0.6) is 0 Å². The Morgan fingerprint density at radius 3 is 2.48 bits per heavy atom. The number of benzene rings is 1. The molecule has 3 rings (SSSR count). The molecule has 1 atom stereocenters. The summed E-state index contributed by atoms with van der Waals surface area (Å²) in [6.45, 7) is 2.00. The Morgan fingerprint density at radius 1 is 1.15 bits per heavy atom. The van der Waals surface area contributed by atoms with Crippen molar-refractivity contribution in [3.63, 3.8) is 0 Å². The van der Waals surface area contributed by atoms with Crippen LogP contribution in [0.1, 0.15) is 24.8 Å². The van der Waals surface area contributed by atoms with E-state index in [4.69, 9.17) is 0 Å². The predicted octanol–water partition coefficient (Wildman–Crippen LogP) is 4.17. The van der Waals surface area contributed by atoms with Gasteiger partial charge in [0, 0.05) is 24.0 Å². The maximum Gasteiger partial charge on any atom is 0.417 e. The first-order valence-corrected chi connectivity index (χ1v) is 8.81. The standard InChI is InChI=1S/C19H21F3N4O/c20-19(21,22)14-2-7-17(24-12-14)25-15-3-5-16(6-4-15)26-18(27)8-1-13-9-10-23-11-13/h2-7,12-13,23H,1,8-11H2,(H,24,25)(H,26,27). The van der Waals surface area contributed by atoms with E-state index < -0.39 is 11.7 Å². The van der Waals surface area contributed by atoms with Crippen LogP contribution in [0, 0.1) is 5.92 Å². The van der Waals surface area contributed by atoms with E-state index in [1.54, 1.807) is 24.3 Å². The van der Waals surface area contributed by atoms with Crippen LogP contribution >= 0.6 is 0 Å². The molecule has 1 saturated heterocycles. The van der Waals surface area contributed by atoms with Crippen LogP contribution < -0.4 is 16.0 Å². The lowest BCUT2D eigenvalue weighted by atomic mass is 10.0. The molecule has 1 aliphatic heterocycles. The predicted molar refractivity (Wildman–Crippen MR) is 97.8 cm³/mol. The number of hydrogen-bond acceptors (Lipinski definition) is 4. The van der Waals surface area contributed by atoms with Crippen molar-refractivity contribution in [2.45, 2.75) is 25.4 Å². The number of rotatable bonds is 6. The second-order valence-electron chi connectivity index (χ2n) is 6.58. The Kier molecular flexibility index (Phi) is 5.95. The largest absolute Gasteiger partial charge is 0.417 e. The van der Waals surface area contributed by atoms with Crippen LogP contribution in [0.15, 0.2) is 42.6 Å². The van der Waals surface area contributed by atoms with Gasteiger partial charge in [0.2, 0.25) is 5.91 Å². The number of aromatic nitrogens is 1. The molecule has 2 aromatic rings.